The maximum atomic E-state index is 13.8. The van der Waals surface area contributed by atoms with Crippen molar-refractivity contribution in [2.24, 2.45) is 0 Å². The first-order valence-corrected chi connectivity index (χ1v) is 6.74. The monoisotopic (exact) mass is 304 g/mol. The minimum atomic E-state index is -1.12. The van der Waals surface area contributed by atoms with Gasteiger partial charge in [-0.25, -0.2) is 9.18 Å². The van der Waals surface area contributed by atoms with Crippen LogP contribution < -0.4 is 0 Å². The number of halogens is 2. The molecule has 0 atom stereocenters. The van der Waals surface area contributed by atoms with E-state index >= 15 is 0 Å². The Morgan fingerprint density at radius 1 is 1.24 bits per heavy atom. The Kier molecular flexibility index (Phi) is 4.43. The highest BCUT2D eigenvalue weighted by atomic mass is 35.5. The van der Waals surface area contributed by atoms with Gasteiger partial charge in [0.1, 0.15) is 5.82 Å². The zero-order chi connectivity index (χ0) is 15.6. The van der Waals surface area contributed by atoms with Gasteiger partial charge in [0.15, 0.2) is 0 Å². The predicted octanol–water partition coefficient (Wildman–Crippen LogP) is 4.72. The van der Waals surface area contributed by atoms with Crippen molar-refractivity contribution < 1.29 is 14.3 Å². The molecule has 0 fully saturated rings. The maximum absolute atomic E-state index is 13.8. The highest BCUT2D eigenvalue weighted by Crippen LogP contribution is 2.27. The van der Waals surface area contributed by atoms with Crippen LogP contribution >= 0.6 is 11.6 Å². The molecule has 0 saturated carbocycles. The molecule has 0 aliphatic carbocycles. The standard InChI is InChI=1S/C17H14ClFO2/c1-10-6-7-12(11(2)8-10)13(17(20)21)9-14-15(18)4-3-5-16(14)19/h3-9H,1-2H3,(H,20,21)/b13-9-. The van der Waals surface area contributed by atoms with E-state index in [1.807, 2.05) is 26.0 Å². The van der Waals surface area contributed by atoms with Crippen LogP contribution in [0.3, 0.4) is 0 Å². The summed E-state index contributed by atoms with van der Waals surface area (Å²) in [6.07, 6.45) is 1.28. The van der Waals surface area contributed by atoms with Gasteiger partial charge in [-0.1, -0.05) is 41.4 Å². The zero-order valence-electron chi connectivity index (χ0n) is 11.7. The summed E-state index contributed by atoms with van der Waals surface area (Å²) < 4.78 is 13.8. The van der Waals surface area contributed by atoms with E-state index < -0.39 is 11.8 Å². The summed E-state index contributed by atoms with van der Waals surface area (Å²) in [4.78, 5) is 11.5. The smallest absolute Gasteiger partial charge is 0.336 e. The van der Waals surface area contributed by atoms with E-state index in [0.29, 0.717) is 5.56 Å². The first-order valence-electron chi connectivity index (χ1n) is 6.37. The lowest BCUT2D eigenvalue weighted by Gasteiger charge is -2.09. The molecule has 2 rings (SSSR count). The Hall–Kier alpha value is -2.13. The van der Waals surface area contributed by atoms with Gasteiger partial charge in [0, 0.05) is 5.56 Å². The molecule has 1 N–H and O–H groups in total. The van der Waals surface area contributed by atoms with Crippen LogP contribution in [0, 0.1) is 19.7 Å². The van der Waals surface area contributed by atoms with Gasteiger partial charge < -0.3 is 5.11 Å². The molecule has 0 amide bonds. The van der Waals surface area contributed by atoms with Crippen LogP contribution in [0.25, 0.3) is 11.6 Å². The van der Waals surface area contributed by atoms with E-state index in [4.69, 9.17) is 11.6 Å². The molecule has 2 aromatic rings. The average Bonchev–Trinajstić information content (AvgIpc) is 2.39. The third kappa shape index (κ3) is 3.31. The summed E-state index contributed by atoms with van der Waals surface area (Å²) in [5, 5.41) is 9.61. The molecular weight excluding hydrogens is 291 g/mol. The van der Waals surface area contributed by atoms with Crippen LogP contribution in [0.2, 0.25) is 5.02 Å². The van der Waals surface area contributed by atoms with Crippen molar-refractivity contribution in [2.75, 3.05) is 0 Å². The fourth-order valence-corrected chi connectivity index (χ4v) is 2.38. The number of benzene rings is 2. The van der Waals surface area contributed by atoms with Crippen LogP contribution in [0.15, 0.2) is 36.4 Å². The molecule has 21 heavy (non-hydrogen) atoms. The van der Waals surface area contributed by atoms with Gasteiger partial charge >= 0.3 is 5.97 Å². The highest BCUT2D eigenvalue weighted by Gasteiger charge is 2.15. The number of carbonyl (C=O) groups is 1. The van der Waals surface area contributed by atoms with Gasteiger partial charge in [0.25, 0.3) is 0 Å². The summed E-state index contributed by atoms with van der Waals surface area (Å²) >= 11 is 5.95. The first kappa shape index (κ1) is 15.3. The third-order valence-electron chi connectivity index (χ3n) is 3.19. The SMILES string of the molecule is Cc1ccc(/C(=C/c2c(F)cccc2Cl)C(=O)O)c(C)c1. The minimum Gasteiger partial charge on any atom is -0.478 e. The number of hydrogen-bond acceptors (Lipinski definition) is 1. The lowest BCUT2D eigenvalue weighted by Crippen LogP contribution is -2.02. The lowest BCUT2D eigenvalue weighted by atomic mass is 9.97. The fourth-order valence-electron chi connectivity index (χ4n) is 2.16. The predicted molar refractivity (Wildman–Crippen MR) is 82.8 cm³/mol. The van der Waals surface area contributed by atoms with Crippen LogP contribution in [0.4, 0.5) is 4.39 Å². The summed E-state index contributed by atoms with van der Waals surface area (Å²) in [5.41, 5.74) is 2.49. The highest BCUT2D eigenvalue weighted by molar-refractivity contribution is 6.33. The largest absolute Gasteiger partial charge is 0.478 e. The molecule has 0 spiro atoms. The zero-order valence-corrected chi connectivity index (χ0v) is 12.4. The number of carboxylic acid groups (broad SMARTS) is 1. The van der Waals surface area contributed by atoms with E-state index in [1.54, 1.807) is 6.07 Å². The Morgan fingerprint density at radius 2 is 1.95 bits per heavy atom. The number of rotatable bonds is 3. The number of aliphatic carboxylic acids is 1. The number of carboxylic acids is 1. The van der Waals surface area contributed by atoms with E-state index in [-0.39, 0.29) is 16.2 Å². The molecule has 2 nitrogen and oxygen atoms in total. The van der Waals surface area contributed by atoms with Crippen molar-refractivity contribution in [1.82, 2.24) is 0 Å². The topological polar surface area (TPSA) is 37.3 Å². The summed E-state index contributed by atoms with van der Waals surface area (Å²) in [6, 6.07) is 9.68. The average molecular weight is 305 g/mol. The van der Waals surface area contributed by atoms with Crippen molar-refractivity contribution in [3.8, 4) is 0 Å². The van der Waals surface area contributed by atoms with E-state index in [0.717, 1.165) is 11.1 Å². The molecule has 0 aromatic heterocycles. The van der Waals surface area contributed by atoms with Crippen LogP contribution in [0.1, 0.15) is 22.3 Å². The summed E-state index contributed by atoms with van der Waals surface area (Å²) in [5.74, 6) is -1.67. The molecule has 4 heteroatoms. The van der Waals surface area contributed by atoms with Gasteiger partial charge in [-0.05, 0) is 43.2 Å². The molecule has 0 unspecified atom stereocenters. The van der Waals surface area contributed by atoms with Gasteiger partial charge in [0.2, 0.25) is 0 Å². The van der Waals surface area contributed by atoms with E-state index in [2.05, 4.69) is 0 Å². The van der Waals surface area contributed by atoms with E-state index in [9.17, 15) is 14.3 Å². The number of aryl methyl sites for hydroxylation is 2. The second-order valence-electron chi connectivity index (χ2n) is 4.82. The second kappa shape index (κ2) is 6.10. The van der Waals surface area contributed by atoms with Crippen molar-refractivity contribution in [3.63, 3.8) is 0 Å². The first-order chi connectivity index (χ1) is 9.90. The maximum Gasteiger partial charge on any atom is 0.336 e. The Bertz CT molecular complexity index is 715. The second-order valence-corrected chi connectivity index (χ2v) is 5.22. The normalized spacial score (nSPS) is 11.5. The van der Waals surface area contributed by atoms with Gasteiger partial charge in [0.05, 0.1) is 10.6 Å². The Morgan fingerprint density at radius 3 is 2.52 bits per heavy atom. The van der Waals surface area contributed by atoms with Crippen LogP contribution in [-0.4, -0.2) is 11.1 Å². The fraction of sp³-hybridized carbons (Fsp3) is 0.118. The summed E-state index contributed by atoms with van der Waals surface area (Å²) in [7, 11) is 0. The molecule has 0 aliphatic rings. The molecule has 2 aromatic carbocycles. The number of hydrogen-bond donors (Lipinski definition) is 1. The van der Waals surface area contributed by atoms with E-state index in [1.165, 1.54) is 24.3 Å². The molecular formula is C17H14ClFO2. The van der Waals surface area contributed by atoms with Crippen LogP contribution in [0.5, 0.6) is 0 Å². The molecule has 0 aliphatic heterocycles. The van der Waals surface area contributed by atoms with Crippen molar-refractivity contribution in [1.29, 1.82) is 0 Å². The van der Waals surface area contributed by atoms with Crippen molar-refractivity contribution in [3.05, 3.63) is 69.5 Å². The van der Waals surface area contributed by atoms with Crippen molar-refractivity contribution in [2.45, 2.75) is 13.8 Å². The Labute approximate surface area is 127 Å². The van der Waals surface area contributed by atoms with Crippen LogP contribution in [-0.2, 0) is 4.79 Å². The molecule has 0 heterocycles. The van der Waals surface area contributed by atoms with Crippen molar-refractivity contribution >= 4 is 29.2 Å². The van der Waals surface area contributed by atoms with Gasteiger partial charge in [-0.2, -0.15) is 0 Å². The molecule has 0 saturated heterocycles. The third-order valence-corrected chi connectivity index (χ3v) is 3.52. The molecule has 0 bridgehead atoms. The van der Waals surface area contributed by atoms with Gasteiger partial charge in [-0.15, -0.1) is 0 Å². The quantitative estimate of drug-likeness (QED) is 0.658. The Balaban J connectivity index is 2.64. The lowest BCUT2D eigenvalue weighted by molar-refractivity contribution is -0.130. The van der Waals surface area contributed by atoms with Gasteiger partial charge in [-0.3, -0.25) is 0 Å². The summed E-state index contributed by atoms with van der Waals surface area (Å²) in [6.45, 7) is 3.75. The molecule has 108 valence electrons. The molecule has 0 radical (unpaired) electrons. The minimum absolute atomic E-state index is 0.0134.